The van der Waals surface area contributed by atoms with E-state index in [0.717, 1.165) is 16.8 Å². The van der Waals surface area contributed by atoms with E-state index in [-0.39, 0.29) is 29.3 Å². The molecular formula is C30H35NO3Si. The van der Waals surface area contributed by atoms with E-state index in [0.29, 0.717) is 5.56 Å². The van der Waals surface area contributed by atoms with Crippen molar-refractivity contribution in [2.75, 3.05) is 0 Å². The fourth-order valence-electron chi connectivity index (χ4n) is 4.20. The van der Waals surface area contributed by atoms with Gasteiger partial charge in [-0.2, -0.15) is 0 Å². The first-order chi connectivity index (χ1) is 16.7. The Hall–Kier alpha value is -3.02. The molecule has 0 unspecified atom stereocenters. The topological polar surface area (TPSA) is 47.9 Å². The first-order valence-electron chi connectivity index (χ1n) is 12.3. The molecule has 0 aliphatic carbocycles. The highest BCUT2D eigenvalue weighted by Gasteiger charge is 2.46. The Balaban J connectivity index is 1.74. The van der Waals surface area contributed by atoms with Crippen LogP contribution in [0.5, 0.6) is 0 Å². The van der Waals surface area contributed by atoms with E-state index in [9.17, 15) is 4.79 Å². The van der Waals surface area contributed by atoms with Crippen molar-refractivity contribution in [3.8, 4) is 0 Å². The molecule has 0 saturated heterocycles. The van der Waals surface area contributed by atoms with Gasteiger partial charge in [0.25, 0.3) is 0 Å². The van der Waals surface area contributed by atoms with Gasteiger partial charge in [0.15, 0.2) is 20.2 Å². The Labute approximate surface area is 210 Å². The molecule has 3 atom stereocenters. The van der Waals surface area contributed by atoms with Crippen molar-refractivity contribution in [2.45, 2.75) is 63.5 Å². The number of ketones is 1. The number of carbonyl (C=O) groups excluding carboxylic acids is 1. The highest BCUT2D eigenvalue weighted by Crippen LogP contribution is 2.44. The molecule has 0 N–H and O–H groups in total. The molecule has 3 aromatic carbocycles. The summed E-state index contributed by atoms with van der Waals surface area (Å²) in [6.45, 7) is 11.1. The highest BCUT2D eigenvalue weighted by molar-refractivity contribution is 6.74. The van der Waals surface area contributed by atoms with E-state index >= 15 is 0 Å². The number of oxime groups is 1. The number of carbonyl (C=O) groups is 1. The summed E-state index contributed by atoms with van der Waals surface area (Å²) in [6, 6.07) is 29.9. The quantitative estimate of drug-likeness (QED) is 0.244. The normalized spacial score (nSPS) is 19.1. The van der Waals surface area contributed by atoms with Crippen LogP contribution < -0.4 is 0 Å². The number of nitrogens with zero attached hydrogens (tertiary/aromatic N) is 1. The minimum Gasteiger partial charge on any atom is -0.408 e. The van der Waals surface area contributed by atoms with E-state index in [2.05, 4.69) is 63.3 Å². The summed E-state index contributed by atoms with van der Waals surface area (Å²) in [7, 11) is -2.22. The number of Topliss-reactive ketones (excluding diaryl/α,β-unsaturated/α-hetero) is 1. The Kier molecular flexibility index (Phi) is 7.38. The first kappa shape index (κ1) is 25.1. The fraction of sp³-hybridized carbons (Fsp3) is 0.333. The molecule has 0 fully saturated rings. The van der Waals surface area contributed by atoms with Crippen LogP contribution in [0.3, 0.4) is 0 Å². The average molecular weight is 486 g/mol. The van der Waals surface area contributed by atoms with Gasteiger partial charge in [0.2, 0.25) is 0 Å². The van der Waals surface area contributed by atoms with E-state index < -0.39 is 14.4 Å². The molecule has 0 aromatic heterocycles. The van der Waals surface area contributed by atoms with Crippen molar-refractivity contribution in [3.05, 3.63) is 108 Å². The summed E-state index contributed by atoms with van der Waals surface area (Å²) in [5, 5.41) is 4.61. The lowest BCUT2D eigenvalue weighted by Gasteiger charge is -2.39. The second-order valence-electron chi connectivity index (χ2n) is 10.7. The second-order valence-corrected chi connectivity index (χ2v) is 15.5. The van der Waals surface area contributed by atoms with Crippen LogP contribution in [-0.4, -0.2) is 25.9 Å². The van der Waals surface area contributed by atoms with Gasteiger partial charge in [0, 0.05) is 12.0 Å². The Morgan fingerprint density at radius 2 is 1.40 bits per heavy atom. The minimum absolute atomic E-state index is 0.0118. The molecule has 0 radical (unpaired) electrons. The molecule has 35 heavy (non-hydrogen) atoms. The molecular weight excluding hydrogens is 450 g/mol. The Morgan fingerprint density at radius 1 is 0.886 bits per heavy atom. The third-order valence-electron chi connectivity index (χ3n) is 7.22. The Bertz CT molecular complexity index is 1150. The van der Waals surface area contributed by atoms with E-state index in [1.54, 1.807) is 0 Å². The van der Waals surface area contributed by atoms with Crippen LogP contribution in [0.2, 0.25) is 18.1 Å². The Morgan fingerprint density at radius 3 is 1.94 bits per heavy atom. The lowest BCUT2D eigenvalue weighted by Crippen LogP contribution is -2.47. The van der Waals surface area contributed by atoms with Crippen molar-refractivity contribution in [1.29, 1.82) is 0 Å². The van der Waals surface area contributed by atoms with Gasteiger partial charge in [-0.3, -0.25) is 4.79 Å². The maximum absolute atomic E-state index is 13.4. The lowest BCUT2D eigenvalue weighted by molar-refractivity contribution is 0.0762. The van der Waals surface area contributed by atoms with Crippen LogP contribution in [0.1, 0.15) is 60.7 Å². The van der Waals surface area contributed by atoms with Gasteiger partial charge >= 0.3 is 0 Å². The highest BCUT2D eigenvalue weighted by atomic mass is 28.4. The third-order valence-corrected chi connectivity index (χ3v) is 11.7. The zero-order valence-electron chi connectivity index (χ0n) is 21.3. The summed E-state index contributed by atoms with van der Waals surface area (Å²) >= 11 is 0. The largest absolute Gasteiger partial charge is 0.408 e. The molecule has 0 amide bonds. The molecule has 1 aliphatic rings. The summed E-state index contributed by atoms with van der Waals surface area (Å²) in [5.41, 5.74) is 3.64. The summed E-state index contributed by atoms with van der Waals surface area (Å²) in [5.74, 6) is -0.0936. The van der Waals surface area contributed by atoms with Gasteiger partial charge in [-0.15, -0.1) is 0 Å². The van der Waals surface area contributed by atoms with Crippen LogP contribution in [0.4, 0.5) is 0 Å². The van der Waals surface area contributed by atoms with Crippen LogP contribution in [0, 0.1) is 0 Å². The molecule has 3 aromatic rings. The van der Waals surface area contributed by atoms with Gasteiger partial charge in [-0.1, -0.05) is 117 Å². The number of rotatable bonds is 8. The lowest BCUT2D eigenvalue weighted by atomic mass is 9.83. The van der Waals surface area contributed by atoms with Crippen molar-refractivity contribution < 1.29 is 14.1 Å². The third kappa shape index (κ3) is 5.63. The predicted molar refractivity (Wildman–Crippen MR) is 144 cm³/mol. The van der Waals surface area contributed by atoms with Crippen molar-refractivity contribution in [1.82, 2.24) is 0 Å². The predicted octanol–water partition coefficient (Wildman–Crippen LogP) is 7.56. The second kappa shape index (κ2) is 10.3. The zero-order chi connectivity index (χ0) is 25.1. The molecule has 182 valence electrons. The molecule has 1 heterocycles. The van der Waals surface area contributed by atoms with Crippen molar-refractivity contribution in [3.63, 3.8) is 0 Å². The molecule has 0 bridgehead atoms. The van der Waals surface area contributed by atoms with Crippen LogP contribution in [0.25, 0.3) is 0 Å². The van der Waals surface area contributed by atoms with Crippen LogP contribution in [0.15, 0.2) is 96.2 Å². The van der Waals surface area contributed by atoms with Gasteiger partial charge < -0.3 is 9.26 Å². The standard InChI is InChI=1S/C30H35NO3Si/c1-30(2,3)35(4,5)34-26(21-25(32)22-15-9-6-10-16-22)28-27(23-17-11-7-12-18-23)29(33-31-28)24-19-13-8-14-20-24/h6-20,26-27,29H,21H2,1-5H3/t26-,27+,29-/m1/s1. The summed E-state index contributed by atoms with van der Waals surface area (Å²) in [6.07, 6.45) is -0.516. The molecule has 1 aliphatic heterocycles. The fourth-order valence-corrected chi connectivity index (χ4v) is 5.47. The van der Waals surface area contributed by atoms with Crippen LogP contribution >= 0.6 is 0 Å². The summed E-state index contributed by atoms with van der Waals surface area (Å²) in [4.78, 5) is 19.5. The monoisotopic (exact) mass is 485 g/mol. The van der Waals surface area contributed by atoms with Gasteiger partial charge in [-0.25, -0.2) is 0 Å². The van der Waals surface area contributed by atoms with E-state index in [4.69, 9.17) is 9.26 Å². The summed E-state index contributed by atoms with van der Waals surface area (Å²) < 4.78 is 6.92. The number of benzene rings is 3. The molecule has 0 spiro atoms. The molecule has 5 heteroatoms. The SMILES string of the molecule is CC(C)(C)[Si](C)(C)O[C@H](CC(=O)c1ccccc1)C1=NO[C@H](c2ccccc2)[C@H]1c1ccccc1. The number of hydrogen-bond acceptors (Lipinski definition) is 4. The van der Waals surface area contributed by atoms with Crippen molar-refractivity contribution >= 4 is 19.8 Å². The first-order valence-corrected chi connectivity index (χ1v) is 15.2. The van der Waals surface area contributed by atoms with Gasteiger partial charge in [0.05, 0.1) is 17.7 Å². The molecule has 4 rings (SSSR count). The van der Waals surface area contributed by atoms with E-state index in [1.807, 2.05) is 66.7 Å². The minimum atomic E-state index is -2.22. The van der Waals surface area contributed by atoms with E-state index in [1.165, 1.54) is 0 Å². The maximum atomic E-state index is 13.4. The maximum Gasteiger partial charge on any atom is 0.192 e. The zero-order valence-corrected chi connectivity index (χ0v) is 22.3. The van der Waals surface area contributed by atoms with Gasteiger partial charge in [-0.05, 0) is 29.3 Å². The average Bonchev–Trinajstić information content (AvgIpc) is 3.30. The van der Waals surface area contributed by atoms with Crippen LogP contribution in [-0.2, 0) is 9.26 Å². The smallest absolute Gasteiger partial charge is 0.192 e. The van der Waals surface area contributed by atoms with Crippen molar-refractivity contribution in [2.24, 2.45) is 5.16 Å². The molecule has 0 saturated carbocycles. The molecule has 4 nitrogen and oxygen atoms in total. The van der Waals surface area contributed by atoms with Gasteiger partial charge in [0.1, 0.15) is 0 Å². The number of hydrogen-bond donors (Lipinski definition) is 0.